The number of hydrogen-bond acceptors (Lipinski definition) is 2. The normalized spacial score (nSPS) is 19.1. The SMILES string of the molecule is CC(C)(C)N1CCCc2[nH]n[c]c2C1. The fraction of sp³-hybridized carbons (Fsp3) is 0.727. The number of H-pyrrole nitrogens is 1. The summed E-state index contributed by atoms with van der Waals surface area (Å²) in [6.07, 6.45) is 5.37. The van der Waals surface area contributed by atoms with Crippen LogP contribution in [-0.2, 0) is 13.0 Å². The molecule has 0 fully saturated rings. The van der Waals surface area contributed by atoms with E-state index in [4.69, 9.17) is 0 Å². The maximum Gasteiger partial charge on any atom is 0.117 e. The molecule has 0 spiro atoms. The molecule has 0 bridgehead atoms. The van der Waals surface area contributed by atoms with Crippen LogP contribution in [-0.4, -0.2) is 27.2 Å². The average Bonchev–Trinajstić information content (AvgIpc) is 2.41. The van der Waals surface area contributed by atoms with Crippen molar-refractivity contribution in [3.05, 3.63) is 17.5 Å². The minimum absolute atomic E-state index is 0.243. The van der Waals surface area contributed by atoms with Gasteiger partial charge in [-0.15, -0.1) is 0 Å². The van der Waals surface area contributed by atoms with Gasteiger partial charge in [0.05, 0.1) is 0 Å². The van der Waals surface area contributed by atoms with E-state index >= 15 is 0 Å². The number of hydrogen-bond donors (Lipinski definition) is 1. The predicted molar refractivity (Wildman–Crippen MR) is 55.9 cm³/mol. The molecule has 1 aliphatic heterocycles. The van der Waals surface area contributed by atoms with Crippen LogP contribution in [0.5, 0.6) is 0 Å². The highest BCUT2D eigenvalue weighted by Gasteiger charge is 2.24. The van der Waals surface area contributed by atoms with Crippen molar-refractivity contribution in [3.8, 4) is 0 Å². The highest BCUT2D eigenvalue weighted by atomic mass is 15.2. The first-order valence-electron chi connectivity index (χ1n) is 5.26. The summed E-state index contributed by atoms with van der Waals surface area (Å²) in [7, 11) is 0. The van der Waals surface area contributed by atoms with Crippen molar-refractivity contribution >= 4 is 0 Å². The summed E-state index contributed by atoms with van der Waals surface area (Å²) in [5, 5.41) is 7.02. The molecule has 0 atom stereocenters. The number of nitrogens with zero attached hydrogens (tertiary/aromatic N) is 2. The van der Waals surface area contributed by atoms with Crippen molar-refractivity contribution < 1.29 is 0 Å². The van der Waals surface area contributed by atoms with Crippen molar-refractivity contribution in [1.82, 2.24) is 15.1 Å². The van der Waals surface area contributed by atoms with E-state index in [1.54, 1.807) is 0 Å². The Morgan fingerprint density at radius 1 is 1.43 bits per heavy atom. The van der Waals surface area contributed by atoms with Gasteiger partial charge in [-0.1, -0.05) is 0 Å². The van der Waals surface area contributed by atoms with E-state index < -0.39 is 0 Å². The molecule has 1 aromatic rings. The largest absolute Gasteiger partial charge is 0.294 e. The van der Waals surface area contributed by atoms with Crippen LogP contribution in [0.4, 0.5) is 0 Å². The number of nitrogens with one attached hydrogen (secondary N) is 1. The van der Waals surface area contributed by atoms with Crippen LogP contribution in [0.15, 0.2) is 0 Å². The van der Waals surface area contributed by atoms with Crippen LogP contribution in [0, 0.1) is 6.20 Å². The van der Waals surface area contributed by atoms with Gasteiger partial charge in [0.15, 0.2) is 0 Å². The summed E-state index contributed by atoms with van der Waals surface area (Å²) >= 11 is 0. The minimum atomic E-state index is 0.243. The maximum atomic E-state index is 3.99. The molecule has 1 N–H and O–H groups in total. The zero-order chi connectivity index (χ0) is 10.2. The lowest BCUT2D eigenvalue weighted by molar-refractivity contribution is 0.130. The third-order valence-electron chi connectivity index (χ3n) is 2.90. The third kappa shape index (κ3) is 1.82. The molecule has 0 unspecified atom stereocenters. The molecule has 2 heterocycles. The van der Waals surface area contributed by atoms with Gasteiger partial charge < -0.3 is 0 Å². The smallest absolute Gasteiger partial charge is 0.117 e. The van der Waals surface area contributed by atoms with Crippen LogP contribution in [0.2, 0.25) is 0 Å². The second-order valence-electron chi connectivity index (χ2n) is 4.99. The minimum Gasteiger partial charge on any atom is -0.294 e. The quantitative estimate of drug-likeness (QED) is 0.679. The van der Waals surface area contributed by atoms with Gasteiger partial charge in [-0.25, -0.2) is 0 Å². The Morgan fingerprint density at radius 2 is 2.21 bits per heavy atom. The summed E-state index contributed by atoms with van der Waals surface area (Å²) in [5.74, 6) is 0. The molecular formula is C11H18N3. The third-order valence-corrected chi connectivity index (χ3v) is 2.90. The second-order valence-corrected chi connectivity index (χ2v) is 4.99. The molecule has 0 amide bonds. The number of rotatable bonds is 0. The van der Waals surface area contributed by atoms with Crippen LogP contribution in [0.3, 0.4) is 0 Å². The molecule has 1 radical (unpaired) electrons. The average molecular weight is 192 g/mol. The van der Waals surface area contributed by atoms with Crippen LogP contribution in [0.25, 0.3) is 0 Å². The number of aromatic nitrogens is 2. The first kappa shape index (κ1) is 9.71. The highest BCUT2D eigenvalue weighted by molar-refractivity contribution is 5.16. The van der Waals surface area contributed by atoms with E-state index in [1.807, 2.05) is 0 Å². The Morgan fingerprint density at radius 3 is 2.93 bits per heavy atom. The monoisotopic (exact) mass is 192 g/mol. The molecule has 2 rings (SSSR count). The van der Waals surface area contributed by atoms with Gasteiger partial charge in [0.25, 0.3) is 0 Å². The number of fused-ring (bicyclic) bond motifs is 1. The molecule has 3 nitrogen and oxygen atoms in total. The molecule has 1 aliphatic rings. The van der Waals surface area contributed by atoms with Gasteiger partial charge in [-0.3, -0.25) is 10.00 Å². The van der Waals surface area contributed by atoms with E-state index in [0.29, 0.717) is 0 Å². The summed E-state index contributed by atoms with van der Waals surface area (Å²) in [6, 6.07) is 0. The van der Waals surface area contributed by atoms with Gasteiger partial charge in [-0.05, 0) is 40.2 Å². The molecule has 14 heavy (non-hydrogen) atoms. The van der Waals surface area contributed by atoms with Crippen molar-refractivity contribution in [2.45, 2.75) is 45.7 Å². The zero-order valence-electron chi connectivity index (χ0n) is 9.22. The Hall–Kier alpha value is -0.830. The summed E-state index contributed by atoms with van der Waals surface area (Å²) in [6.45, 7) is 8.93. The van der Waals surface area contributed by atoms with E-state index in [1.165, 1.54) is 24.2 Å². The van der Waals surface area contributed by atoms with Crippen molar-refractivity contribution in [2.24, 2.45) is 0 Å². The first-order valence-corrected chi connectivity index (χ1v) is 5.26. The van der Waals surface area contributed by atoms with Crippen LogP contribution in [0.1, 0.15) is 38.4 Å². The van der Waals surface area contributed by atoms with Crippen molar-refractivity contribution in [2.75, 3.05) is 6.54 Å². The molecular weight excluding hydrogens is 174 g/mol. The number of aromatic amines is 1. The lowest BCUT2D eigenvalue weighted by Gasteiger charge is -2.34. The highest BCUT2D eigenvalue weighted by Crippen LogP contribution is 2.22. The van der Waals surface area contributed by atoms with Gasteiger partial charge in [0, 0.05) is 23.3 Å². The van der Waals surface area contributed by atoms with Gasteiger partial charge in [-0.2, -0.15) is 5.10 Å². The molecule has 0 aromatic carbocycles. The van der Waals surface area contributed by atoms with Gasteiger partial charge >= 0.3 is 0 Å². The lowest BCUT2D eigenvalue weighted by atomic mass is 10.1. The fourth-order valence-electron chi connectivity index (χ4n) is 1.92. The van der Waals surface area contributed by atoms with Crippen LogP contribution >= 0.6 is 0 Å². The molecule has 0 saturated carbocycles. The van der Waals surface area contributed by atoms with E-state index in [-0.39, 0.29) is 5.54 Å². The predicted octanol–water partition coefficient (Wildman–Crippen LogP) is 1.76. The topological polar surface area (TPSA) is 31.9 Å². The Labute approximate surface area is 85.5 Å². The van der Waals surface area contributed by atoms with Gasteiger partial charge in [0.2, 0.25) is 0 Å². The van der Waals surface area contributed by atoms with E-state index in [0.717, 1.165) is 13.0 Å². The Bertz CT molecular complexity index is 309. The summed E-state index contributed by atoms with van der Waals surface area (Å²) < 4.78 is 0. The molecule has 3 heteroatoms. The summed E-state index contributed by atoms with van der Waals surface area (Å²) in [4.78, 5) is 2.49. The molecule has 77 valence electrons. The second kappa shape index (κ2) is 3.39. The Kier molecular flexibility index (Phi) is 2.35. The van der Waals surface area contributed by atoms with Crippen molar-refractivity contribution in [1.29, 1.82) is 0 Å². The van der Waals surface area contributed by atoms with E-state index in [9.17, 15) is 0 Å². The Balaban J connectivity index is 2.20. The maximum absolute atomic E-state index is 3.99. The fourth-order valence-corrected chi connectivity index (χ4v) is 1.92. The standard InChI is InChI=1S/C11H18N3/c1-11(2,3)14-6-4-5-10-9(8-14)7-12-13-10/h4-6,8H2,1-3H3,(H,12,13). The zero-order valence-corrected chi connectivity index (χ0v) is 9.22. The lowest BCUT2D eigenvalue weighted by Crippen LogP contribution is -2.40. The van der Waals surface area contributed by atoms with Crippen LogP contribution < -0.4 is 0 Å². The van der Waals surface area contributed by atoms with E-state index in [2.05, 4.69) is 42.1 Å². The van der Waals surface area contributed by atoms with Crippen molar-refractivity contribution in [3.63, 3.8) is 0 Å². The molecule has 0 aliphatic carbocycles. The molecule has 0 saturated heterocycles. The molecule has 1 aromatic heterocycles. The number of aryl methyl sites for hydroxylation is 1. The first-order chi connectivity index (χ1) is 6.57. The summed E-state index contributed by atoms with van der Waals surface area (Å²) in [5.41, 5.74) is 2.77. The van der Waals surface area contributed by atoms with Gasteiger partial charge in [0.1, 0.15) is 6.20 Å².